The fraction of sp³-hybridized carbons (Fsp3) is 0.562. The number of nitrogens with zero attached hydrogens (tertiary/aromatic N) is 1. The molecule has 0 radical (unpaired) electrons. The molecular weight excluding hydrogens is 238 g/mol. The third-order valence-electron chi connectivity index (χ3n) is 3.66. The molecule has 2 atom stereocenters. The predicted molar refractivity (Wildman–Crippen MR) is 76.7 cm³/mol. The van der Waals surface area contributed by atoms with E-state index in [1.54, 1.807) is 6.07 Å². The molecule has 0 saturated carbocycles. The van der Waals surface area contributed by atoms with E-state index in [-0.39, 0.29) is 0 Å². The van der Waals surface area contributed by atoms with E-state index in [2.05, 4.69) is 18.7 Å². The molecule has 104 valence electrons. The van der Waals surface area contributed by atoms with Gasteiger partial charge in [0.2, 0.25) is 0 Å². The van der Waals surface area contributed by atoms with Crippen LogP contribution in [0.2, 0.25) is 0 Å². The van der Waals surface area contributed by atoms with Gasteiger partial charge in [0.1, 0.15) is 12.4 Å². The lowest BCUT2D eigenvalue weighted by atomic mass is 9.92. The minimum Gasteiger partial charge on any atom is -0.492 e. The van der Waals surface area contributed by atoms with Gasteiger partial charge in [0.15, 0.2) is 6.29 Å². The van der Waals surface area contributed by atoms with Gasteiger partial charge in [-0.1, -0.05) is 26.0 Å². The fourth-order valence-corrected chi connectivity index (χ4v) is 2.97. The Balaban J connectivity index is 1.81. The summed E-state index contributed by atoms with van der Waals surface area (Å²) in [6, 6.07) is 7.39. The first-order valence-electron chi connectivity index (χ1n) is 7.08. The summed E-state index contributed by atoms with van der Waals surface area (Å²) in [6.07, 6.45) is 2.17. The van der Waals surface area contributed by atoms with Gasteiger partial charge in [-0.3, -0.25) is 9.69 Å². The molecule has 1 aromatic carbocycles. The first kappa shape index (κ1) is 14.1. The normalized spacial score (nSPS) is 24.1. The first-order valence-corrected chi connectivity index (χ1v) is 7.08. The van der Waals surface area contributed by atoms with Crippen LogP contribution >= 0.6 is 0 Å². The molecule has 1 heterocycles. The van der Waals surface area contributed by atoms with Gasteiger partial charge in [0.05, 0.1) is 5.56 Å². The number of aldehydes is 1. The number of likely N-dealkylation sites (tertiary alicyclic amines) is 1. The van der Waals surface area contributed by atoms with E-state index in [0.717, 1.165) is 37.8 Å². The summed E-state index contributed by atoms with van der Waals surface area (Å²) in [5.74, 6) is 2.23. The summed E-state index contributed by atoms with van der Waals surface area (Å²) in [4.78, 5) is 13.3. The summed E-state index contributed by atoms with van der Waals surface area (Å²) in [5.41, 5.74) is 0.628. The Kier molecular flexibility index (Phi) is 4.97. The van der Waals surface area contributed by atoms with E-state index < -0.39 is 0 Å². The summed E-state index contributed by atoms with van der Waals surface area (Å²) in [7, 11) is 0. The monoisotopic (exact) mass is 261 g/mol. The topological polar surface area (TPSA) is 29.5 Å². The van der Waals surface area contributed by atoms with Crippen molar-refractivity contribution in [1.29, 1.82) is 0 Å². The van der Waals surface area contributed by atoms with Crippen LogP contribution in [-0.2, 0) is 0 Å². The highest BCUT2D eigenvalue weighted by atomic mass is 16.5. The van der Waals surface area contributed by atoms with Gasteiger partial charge < -0.3 is 4.74 Å². The van der Waals surface area contributed by atoms with Crippen molar-refractivity contribution in [3.63, 3.8) is 0 Å². The summed E-state index contributed by atoms with van der Waals surface area (Å²) >= 11 is 0. The number of carbonyl (C=O) groups is 1. The van der Waals surface area contributed by atoms with E-state index in [0.29, 0.717) is 17.9 Å². The number of rotatable bonds is 5. The third kappa shape index (κ3) is 4.06. The maximum atomic E-state index is 10.9. The third-order valence-corrected chi connectivity index (χ3v) is 3.66. The van der Waals surface area contributed by atoms with Crippen LogP contribution in [0.1, 0.15) is 30.6 Å². The number of ether oxygens (including phenoxy) is 1. The van der Waals surface area contributed by atoms with E-state index >= 15 is 0 Å². The Hall–Kier alpha value is -1.35. The largest absolute Gasteiger partial charge is 0.492 e. The molecule has 0 amide bonds. The zero-order valence-corrected chi connectivity index (χ0v) is 11.8. The Morgan fingerprint density at radius 3 is 2.63 bits per heavy atom. The van der Waals surface area contributed by atoms with Gasteiger partial charge in [0, 0.05) is 19.6 Å². The fourth-order valence-electron chi connectivity index (χ4n) is 2.97. The number of piperidine rings is 1. The number of carbonyl (C=O) groups excluding carboxylic acids is 1. The predicted octanol–water partition coefficient (Wildman–Crippen LogP) is 2.86. The van der Waals surface area contributed by atoms with Crippen molar-refractivity contribution in [3.05, 3.63) is 29.8 Å². The van der Waals surface area contributed by atoms with Gasteiger partial charge in [-0.15, -0.1) is 0 Å². The molecular formula is C16H23NO2. The van der Waals surface area contributed by atoms with Crippen molar-refractivity contribution >= 4 is 6.29 Å². The first-order chi connectivity index (χ1) is 9.19. The minimum absolute atomic E-state index is 0.628. The molecule has 3 heteroatoms. The van der Waals surface area contributed by atoms with E-state index in [1.807, 2.05) is 18.2 Å². The van der Waals surface area contributed by atoms with Crippen LogP contribution in [0.4, 0.5) is 0 Å². The average molecular weight is 261 g/mol. The van der Waals surface area contributed by atoms with Gasteiger partial charge in [-0.25, -0.2) is 0 Å². The van der Waals surface area contributed by atoms with E-state index in [4.69, 9.17) is 4.74 Å². The number of para-hydroxylation sites is 1. The second-order valence-corrected chi connectivity index (χ2v) is 5.71. The van der Waals surface area contributed by atoms with Crippen molar-refractivity contribution in [2.75, 3.05) is 26.2 Å². The zero-order valence-electron chi connectivity index (χ0n) is 11.8. The molecule has 1 aliphatic rings. The molecule has 1 saturated heterocycles. The highest BCUT2D eigenvalue weighted by Crippen LogP contribution is 2.21. The van der Waals surface area contributed by atoms with Gasteiger partial charge >= 0.3 is 0 Å². The molecule has 3 nitrogen and oxygen atoms in total. The Morgan fingerprint density at radius 2 is 1.95 bits per heavy atom. The van der Waals surface area contributed by atoms with E-state index in [1.165, 1.54) is 6.42 Å². The second kappa shape index (κ2) is 6.71. The highest BCUT2D eigenvalue weighted by molar-refractivity contribution is 5.79. The van der Waals surface area contributed by atoms with Crippen molar-refractivity contribution < 1.29 is 9.53 Å². The molecule has 0 aromatic heterocycles. The minimum atomic E-state index is 0.628. The highest BCUT2D eigenvalue weighted by Gasteiger charge is 2.21. The summed E-state index contributed by atoms with van der Waals surface area (Å²) < 4.78 is 5.73. The molecule has 0 aliphatic carbocycles. The van der Waals surface area contributed by atoms with E-state index in [9.17, 15) is 4.79 Å². The molecule has 2 unspecified atom stereocenters. The van der Waals surface area contributed by atoms with Crippen LogP contribution in [0.5, 0.6) is 5.75 Å². The van der Waals surface area contributed by atoms with Gasteiger partial charge in [0.25, 0.3) is 0 Å². The van der Waals surface area contributed by atoms with Crippen LogP contribution in [0, 0.1) is 11.8 Å². The maximum Gasteiger partial charge on any atom is 0.153 e. The Labute approximate surface area is 115 Å². The smallest absolute Gasteiger partial charge is 0.153 e. The SMILES string of the molecule is CC1CC(C)CN(CCOc2ccccc2C=O)C1. The van der Waals surface area contributed by atoms with Gasteiger partial charge in [-0.2, -0.15) is 0 Å². The lowest BCUT2D eigenvalue weighted by molar-refractivity contribution is 0.111. The molecule has 19 heavy (non-hydrogen) atoms. The molecule has 0 spiro atoms. The zero-order chi connectivity index (χ0) is 13.7. The van der Waals surface area contributed by atoms with Crippen LogP contribution < -0.4 is 4.74 Å². The molecule has 0 bridgehead atoms. The maximum absolute atomic E-state index is 10.9. The lowest BCUT2D eigenvalue weighted by Crippen LogP contribution is -2.40. The molecule has 1 aromatic rings. The molecule has 0 N–H and O–H groups in total. The van der Waals surface area contributed by atoms with Crippen molar-refractivity contribution in [1.82, 2.24) is 4.90 Å². The standard InChI is InChI=1S/C16H23NO2/c1-13-9-14(2)11-17(10-13)7-8-19-16-6-4-3-5-15(16)12-18/h3-6,12-14H,7-11H2,1-2H3. The number of benzene rings is 1. The van der Waals surface area contributed by atoms with Crippen LogP contribution in [0.25, 0.3) is 0 Å². The van der Waals surface area contributed by atoms with Crippen molar-refractivity contribution in [2.45, 2.75) is 20.3 Å². The van der Waals surface area contributed by atoms with Gasteiger partial charge in [-0.05, 0) is 30.4 Å². The van der Waals surface area contributed by atoms with Crippen LogP contribution in [0.15, 0.2) is 24.3 Å². The molecule has 2 rings (SSSR count). The van der Waals surface area contributed by atoms with Crippen molar-refractivity contribution in [3.8, 4) is 5.75 Å². The Morgan fingerprint density at radius 1 is 1.26 bits per heavy atom. The molecule has 1 fully saturated rings. The molecule has 1 aliphatic heterocycles. The second-order valence-electron chi connectivity index (χ2n) is 5.71. The number of hydrogen-bond acceptors (Lipinski definition) is 3. The quantitative estimate of drug-likeness (QED) is 0.763. The van der Waals surface area contributed by atoms with Crippen molar-refractivity contribution in [2.24, 2.45) is 11.8 Å². The van der Waals surface area contributed by atoms with Crippen LogP contribution in [-0.4, -0.2) is 37.4 Å². The number of hydrogen-bond donors (Lipinski definition) is 0. The average Bonchev–Trinajstić information content (AvgIpc) is 2.38. The van der Waals surface area contributed by atoms with Crippen LogP contribution in [0.3, 0.4) is 0 Å². The summed E-state index contributed by atoms with van der Waals surface area (Å²) in [5, 5.41) is 0. The lowest BCUT2D eigenvalue weighted by Gasteiger charge is -2.34. The Bertz CT molecular complexity index is 409. The summed E-state index contributed by atoms with van der Waals surface area (Å²) in [6.45, 7) is 8.51.